The first-order valence-electron chi connectivity index (χ1n) is 5.88. The van der Waals surface area contributed by atoms with Gasteiger partial charge in [-0.05, 0) is 12.0 Å². The molecule has 1 atom stereocenters. The third kappa shape index (κ3) is 5.59. The molecule has 0 aliphatic rings. The van der Waals surface area contributed by atoms with Gasteiger partial charge in [0.25, 0.3) is 0 Å². The average Bonchev–Trinajstić information content (AvgIpc) is 2.39. The Kier molecular flexibility index (Phi) is 5.96. The van der Waals surface area contributed by atoms with Crippen LogP contribution < -0.4 is 10.6 Å². The summed E-state index contributed by atoms with van der Waals surface area (Å²) in [4.78, 5) is 22.3. The van der Waals surface area contributed by atoms with Crippen molar-refractivity contribution in [1.29, 1.82) is 0 Å². The maximum atomic E-state index is 11.5. The molecular weight excluding hydrogens is 244 g/mol. The summed E-state index contributed by atoms with van der Waals surface area (Å²) in [5.74, 6) is 1.07. The number of amides is 2. The van der Waals surface area contributed by atoms with Gasteiger partial charge in [-0.3, -0.25) is 0 Å². The number of hydrogen-bond donors (Lipinski definition) is 3. The first kappa shape index (κ1) is 14.6. The molecule has 100 valence electrons. The van der Waals surface area contributed by atoms with Gasteiger partial charge in [0.1, 0.15) is 6.04 Å². The van der Waals surface area contributed by atoms with E-state index < -0.39 is 18.0 Å². The van der Waals surface area contributed by atoms with Crippen molar-refractivity contribution in [1.82, 2.24) is 10.6 Å². The largest absolute Gasteiger partial charge is 0.480 e. The number of terminal acetylenes is 1. The minimum Gasteiger partial charge on any atom is -0.480 e. The Morgan fingerprint density at radius 2 is 2.00 bits per heavy atom. The maximum absolute atomic E-state index is 11.5. The van der Waals surface area contributed by atoms with Crippen molar-refractivity contribution in [3.8, 4) is 12.3 Å². The zero-order valence-corrected chi connectivity index (χ0v) is 10.4. The maximum Gasteiger partial charge on any atom is 0.327 e. The fraction of sp³-hybridized carbons (Fsp3) is 0.286. The van der Waals surface area contributed by atoms with Crippen LogP contribution >= 0.6 is 0 Å². The Balaban J connectivity index is 2.31. The third-order valence-corrected chi connectivity index (χ3v) is 2.47. The lowest BCUT2D eigenvalue weighted by atomic mass is 10.1. The molecule has 0 radical (unpaired) electrons. The Bertz CT molecular complexity index is 465. The van der Waals surface area contributed by atoms with E-state index >= 15 is 0 Å². The highest BCUT2D eigenvalue weighted by Crippen LogP contribution is 1.98. The van der Waals surface area contributed by atoms with E-state index in [9.17, 15) is 9.59 Å². The average molecular weight is 260 g/mol. The predicted molar refractivity (Wildman–Crippen MR) is 71.6 cm³/mol. The zero-order valence-electron chi connectivity index (χ0n) is 10.4. The van der Waals surface area contributed by atoms with Crippen molar-refractivity contribution in [3.05, 3.63) is 35.9 Å². The minimum absolute atomic E-state index is 0.0402. The summed E-state index contributed by atoms with van der Waals surface area (Å²) < 4.78 is 0. The normalized spacial score (nSPS) is 11.1. The van der Waals surface area contributed by atoms with Gasteiger partial charge in [-0.15, -0.1) is 12.3 Å². The third-order valence-electron chi connectivity index (χ3n) is 2.47. The van der Waals surface area contributed by atoms with Crippen LogP contribution in [0.5, 0.6) is 0 Å². The molecule has 0 spiro atoms. The van der Waals surface area contributed by atoms with Crippen LogP contribution in [0.4, 0.5) is 4.79 Å². The molecule has 0 bridgehead atoms. The van der Waals surface area contributed by atoms with Crippen LogP contribution in [0.2, 0.25) is 0 Å². The van der Waals surface area contributed by atoms with E-state index in [-0.39, 0.29) is 6.42 Å². The molecule has 1 rings (SSSR count). The fourth-order valence-electron chi connectivity index (χ4n) is 1.49. The molecule has 1 aromatic carbocycles. The Labute approximate surface area is 112 Å². The summed E-state index contributed by atoms with van der Waals surface area (Å²) in [6, 6.07) is 8.09. The molecule has 19 heavy (non-hydrogen) atoms. The second-order valence-electron chi connectivity index (χ2n) is 3.93. The van der Waals surface area contributed by atoms with Crippen molar-refractivity contribution < 1.29 is 14.7 Å². The van der Waals surface area contributed by atoms with Gasteiger partial charge in [0.15, 0.2) is 0 Å². The predicted octanol–water partition coefficient (Wildman–Crippen LogP) is 1.00. The van der Waals surface area contributed by atoms with E-state index in [0.717, 1.165) is 5.56 Å². The molecule has 1 aromatic rings. The monoisotopic (exact) mass is 260 g/mol. The number of nitrogens with one attached hydrogen (secondary N) is 2. The Morgan fingerprint density at radius 1 is 1.32 bits per heavy atom. The smallest absolute Gasteiger partial charge is 0.327 e. The van der Waals surface area contributed by atoms with Crippen LogP contribution in [0, 0.1) is 12.3 Å². The van der Waals surface area contributed by atoms with Crippen molar-refractivity contribution in [2.24, 2.45) is 0 Å². The summed E-state index contributed by atoms with van der Waals surface area (Å²) in [6.45, 7) is 0.429. The molecule has 1 unspecified atom stereocenters. The molecule has 0 aliphatic heterocycles. The van der Waals surface area contributed by atoms with Gasteiger partial charge < -0.3 is 15.7 Å². The van der Waals surface area contributed by atoms with Crippen LogP contribution in [-0.2, 0) is 11.2 Å². The summed E-state index contributed by atoms with van der Waals surface area (Å²) in [6.07, 6.45) is 5.68. The van der Waals surface area contributed by atoms with Crippen molar-refractivity contribution in [2.75, 3.05) is 6.54 Å². The molecule has 0 aromatic heterocycles. The number of carboxylic acid groups (broad SMARTS) is 1. The number of rotatable bonds is 6. The lowest BCUT2D eigenvalue weighted by molar-refractivity contribution is -0.139. The van der Waals surface area contributed by atoms with Gasteiger partial charge in [-0.2, -0.15) is 0 Å². The van der Waals surface area contributed by atoms with Crippen LogP contribution in [0.25, 0.3) is 0 Å². The van der Waals surface area contributed by atoms with Crippen LogP contribution in [0.3, 0.4) is 0 Å². The summed E-state index contributed by atoms with van der Waals surface area (Å²) >= 11 is 0. The van der Waals surface area contributed by atoms with E-state index in [2.05, 4.69) is 16.6 Å². The lowest BCUT2D eigenvalue weighted by Gasteiger charge is -2.12. The van der Waals surface area contributed by atoms with Crippen molar-refractivity contribution in [3.63, 3.8) is 0 Å². The molecule has 0 heterocycles. The molecule has 0 aliphatic carbocycles. The van der Waals surface area contributed by atoms with Crippen LogP contribution in [0.15, 0.2) is 30.3 Å². The van der Waals surface area contributed by atoms with E-state index in [1.165, 1.54) is 0 Å². The molecule has 0 saturated carbocycles. The standard InChI is InChI=1S/C14H16N2O3/c1-2-6-12(13(17)18)16-14(19)15-10-9-11-7-4-3-5-8-11/h1,3-5,7-8,12H,6,9-10H2,(H,17,18)(H2,15,16,19). The van der Waals surface area contributed by atoms with Gasteiger partial charge in [0.2, 0.25) is 0 Å². The van der Waals surface area contributed by atoms with Gasteiger partial charge in [0.05, 0.1) is 0 Å². The Hall–Kier alpha value is -2.48. The molecule has 0 fully saturated rings. The van der Waals surface area contributed by atoms with Crippen molar-refractivity contribution >= 4 is 12.0 Å². The van der Waals surface area contributed by atoms with Gasteiger partial charge in [0, 0.05) is 13.0 Å². The quantitative estimate of drug-likeness (QED) is 0.668. The van der Waals surface area contributed by atoms with E-state index in [1.54, 1.807) is 0 Å². The topological polar surface area (TPSA) is 78.4 Å². The number of hydrogen-bond acceptors (Lipinski definition) is 2. The number of urea groups is 1. The fourth-order valence-corrected chi connectivity index (χ4v) is 1.49. The van der Waals surface area contributed by atoms with Crippen LogP contribution in [-0.4, -0.2) is 29.7 Å². The molecule has 5 heteroatoms. The summed E-state index contributed by atoms with van der Waals surface area (Å²) in [5.41, 5.74) is 1.10. The highest BCUT2D eigenvalue weighted by molar-refractivity contribution is 5.82. The van der Waals surface area contributed by atoms with Crippen LogP contribution in [0.1, 0.15) is 12.0 Å². The number of benzene rings is 1. The van der Waals surface area contributed by atoms with Gasteiger partial charge >= 0.3 is 12.0 Å². The highest BCUT2D eigenvalue weighted by Gasteiger charge is 2.18. The molecule has 2 amide bonds. The van der Waals surface area contributed by atoms with Gasteiger partial charge in [-0.25, -0.2) is 9.59 Å². The van der Waals surface area contributed by atoms with Gasteiger partial charge in [-0.1, -0.05) is 30.3 Å². The Morgan fingerprint density at radius 3 is 2.58 bits per heavy atom. The summed E-state index contributed by atoms with van der Waals surface area (Å²) in [5, 5.41) is 13.7. The molecule has 0 saturated heterocycles. The lowest BCUT2D eigenvalue weighted by Crippen LogP contribution is -2.46. The minimum atomic E-state index is -1.14. The zero-order chi connectivity index (χ0) is 14.1. The SMILES string of the molecule is C#CCC(NC(=O)NCCc1ccccc1)C(=O)O. The van der Waals surface area contributed by atoms with E-state index in [4.69, 9.17) is 11.5 Å². The molecule has 3 N–H and O–H groups in total. The number of carbonyl (C=O) groups excluding carboxylic acids is 1. The number of carbonyl (C=O) groups is 2. The van der Waals surface area contributed by atoms with E-state index in [0.29, 0.717) is 13.0 Å². The van der Waals surface area contributed by atoms with Crippen molar-refractivity contribution in [2.45, 2.75) is 18.9 Å². The molecular formula is C14H16N2O3. The summed E-state index contributed by atoms with van der Waals surface area (Å²) in [7, 11) is 0. The van der Waals surface area contributed by atoms with E-state index in [1.807, 2.05) is 30.3 Å². The first-order valence-corrected chi connectivity index (χ1v) is 5.88. The first-order chi connectivity index (χ1) is 9.13. The second kappa shape index (κ2) is 7.77. The molecule has 5 nitrogen and oxygen atoms in total. The second-order valence-corrected chi connectivity index (χ2v) is 3.93. The highest BCUT2D eigenvalue weighted by atomic mass is 16.4. The number of aliphatic carboxylic acids is 1. The number of carboxylic acids is 1.